The molecule has 0 aromatic heterocycles. The van der Waals surface area contributed by atoms with Gasteiger partial charge in [0.2, 0.25) is 0 Å². The topological polar surface area (TPSA) is 23.6 Å². The lowest BCUT2D eigenvalue weighted by atomic mass is 9.86. The van der Waals surface area contributed by atoms with E-state index in [9.17, 15) is 4.79 Å². The molecular formula is C29H28BrClN2O. The third-order valence-corrected chi connectivity index (χ3v) is 8.19. The Labute approximate surface area is 215 Å². The third-order valence-electron chi connectivity index (χ3n) is 7.05. The van der Waals surface area contributed by atoms with Crippen molar-refractivity contribution in [2.75, 3.05) is 26.2 Å². The van der Waals surface area contributed by atoms with E-state index in [1.54, 1.807) is 0 Å². The standard InChI is InChI=1S/C29H28BrClN2O/c30-28-23(10-9-21-5-2-1-3-6-21)7-4-8-27(28)29(34)33-18-17-32-19-24(13-16-26(32)20-33)22-11-14-25(31)15-12-22/h1-12,14-15,24,26H,13,16-20H2/b10-9-/t24-,26+/m0/s1. The van der Waals surface area contributed by atoms with E-state index in [1.807, 2.05) is 53.4 Å². The van der Waals surface area contributed by atoms with Crippen LogP contribution in [0.1, 0.15) is 45.8 Å². The Morgan fingerprint density at radius 3 is 2.47 bits per heavy atom. The average Bonchev–Trinajstić information content (AvgIpc) is 2.88. The molecule has 34 heavy (non-hydrogen) atoms. The summed E-state index contributed by atoms with van der Waals surface area (Å²) in [4.78, 5) is 18.1. The van der Waals surface area contributed by atoms with Gasteiger partial charge in [-0.25, -0.2) is 0 Å². The molecule has 0 bridgehead atoms. The average molecular weight is 536 g/mol. The number of piperazine rings is 1. The summed E-state index contributed by atoms with van der Waals surface area (Å²) < 4.78 is 0.862. The quantitative estimate of drug-likeness (QED) is 0.337. The monoisotopic (exact) mass is 534 g/mol. The number of carbonyl (C=O) groups is 1. The molecule has 2 atom stereocenters. The summed E-state index contributed by atoms with van der Waals surface area (Å²) in [5.41, 5.74) is 4.25. The predicted octanol–water partition coefficient (Wildman–Crippen LogP) is 6.98. The highest BCUT2D eigenvalue weighted by Crippen LogP contribution is 2.33. The summed E-state index contributed by atoms with van der Waals surface area (Å²) in [5.74, 6) is 0.652. The van der Waals surface area contributed by atoms with Gasteiger partial charge in [0.05, 0.1) is 5.56 Å². The summed E-state index contributed by atoms with van der Waals surface area (Å²) >= 11 is 9.78. The molecule has 0 aliphatic carbocycles. The molecule has 5 rings (SSSR count). The molecule has 2 saturated heterocycles. The zero-order valence-electron chi connectivity index (χ0n) is 19.0. The Morgan fingerprint density at radius 1 is 0.882 bits per heavy atom. The van der Waals surface area contributed by atoms with Crippen molar-refractivity contribution in [1.29, 1.82) is 0 Å². The van der Waals surface area contributed by atoms with Crippen LogP contribution in [0.5, 0.6) is 0 Å². The molecule has 2 heterocycles. The van der Waals surface area contributed by atoms with Crippen LogP contribution in [0, 0.1) is 0 Å². The number of hydrogen-bond donors (Lipinski definition) is 0. The van der Waals surface area contributed by atoms with Crippen LogP contribution in [-0.2, 0) is 0 Å². The second-order valence-electron chi connectivity index (χ2n) is 9.18. The molecule has 174 valence electrons. The summed E-state index contributed by atoms with van der Waals surface area (Å²) in [5, 5.41) is 0.787. The maximum Gasteiger partial charge on any atom is 0.255 e. The van der Waals surface area contributed by atoms with Gasteiger partial charge < -0.3 is 4.90 Å². The molecule has 5 heteroatoms. The molecule has 2 aliphatic heterocycles. The highest BCUT2D eigenvalue weighted by atomic mass is 79.9. The van der Waals surface area contributed by atoms with E-state index in [0.717, 1.165) is 65.2 Å². The van der Waals surface area contributed by atoms with E-state index < -0.39 is 0 Å². The Kier molecular flexibility index (Phi) is 7.19. The number of nitrogens with zero attached hydrogens (tertiary/aromatic N) is 2. The van der Waals surface area contributed by atoms with Gasteiger partial charge in [0, 0.05) is 41.7 Å². The Bertz CT molecular complexity index is 1180. The van der Waals surface area contributed by atoms with Crippen LogP contribution in [0.2, 0.25) is 5.02 Å². The van der Waals surface area contributed by atoms with Gasteiger partial charge in [-0.3, -0.25) is 9.69 Å². The van der Waals surface area contributed by atoms with Crippen LogP contribution in [0.15, 0.2) is 77.3 Å². The van der Waals surface area contributed by atoms with Gasteiger partial charge in [-0.15, -0.1) is 0 Å². The van der Waals surface area contributed by atoms with Gasteiger partial charge >= 0.3 is 0 Å². The molecular weight excluding hydrogens is 508 g/mol. The largest absolute Gasteiger partial charge is 0.336 e. The van der Waals surface area contributed by atoms with Crippen molar-refractivity contribution >= 4 is 45.6 Å². The molecule has 3 nitrogen and oxygen atoms in total. The number of halogens is 2. The van der Waals surface area contributed by atoms with E-state index in [2.05, 4.69) is 57.2 Å². The van der Waals surface area contributed by atoms with E-state index in [0.29, 0.717) is 12.0 Å². The van der Waals surface area contributed by atoms with E-state index in [4.69, 9.17) is 11.6 Å². The fourth-order valence-corrected chi connectivity index (χ4v) is 5.82. The zero-order chi connectivity index (χ0) is 23.5. The van der Waals surface area contributed by atoms with Crippen LogP contribution >= 0.6 is 27.5 Å². The third kappa shape index (κ3) is 5.14. The highest BCUT2D eigenvalue weighted by Gasteiger charge is 2.35. The van der Waals surface area contributed by atoms with Gasteiger partial charge in [-0.05, 0) is 69.6 Å². The molecule has 0 radical (unpaired) electrons. The second kappa shape index (κ2) is 10.5. The molecule has 0 N–H and O–H groups in total. The lowest BCUT2D eigenvalue weighted by Crippen LogP contribution is -2.57. The minimum Gasteiger partial charge on any atom is -0.336 e. The lowest BCUT2D eigenvalue weighted by molar-refractivity contribution is 0.0328. The molecule has 1 amide bonds. The summed E-state index contributed by atoms with van der Waals surface area (Å²) in [6.07, 6.45) is 6.39. The van der Waals surface area contributed by atoms with Crippen molar-refractivity contribution in [2.24, 2.45) is 0 Å². The van der Waals surface area contributed by atoms with Crippen LogP contribution in [0.25, 0.3) is 12.2 Å². The van der Waals surface area contributed by atoms with E-state index >= 15 is 0 Å². The SMILES string of the molecule is O=C(c1cccc(/C=C\c2ccccc2)c1Br)N1CCN2C[C@@H](c3ccc(Cl)cc3)CC[C@@H]2C1. The van der Waals surface area contributed by atoms with Crippen molar-refractivity contribution in [1.82, 2.24) is 9.80 Å². The second-order valence-corrected chi connectivity index (χ2v) is 10.4. The van der Waals surface area contributed by atoms with Crippen molar-refractivity contribution in [3.05, 3.63) is 105 Å². The minimum atomic E-state index is 0.112. The molecule has 2 fully saturated rings. The van der Waals surface area contributed by atoms with Gasteiger partial charge in [0.15, 0.2) is 0 Å². The number of hydrogen-bond acceptors (Lipinski definition) is 2. The minimum absolute atomic E-state index is 0.112. The Balaban J connectivity index is 1.25. The van der Waals surface area contributed by atoms with Crippen molar-refractivity contribution in [3.8, 4) is 0 Å². The molecule has 0 unspecified atom stereocenters. The van der Waals surface area contributed by atoms with Crippen molar-refractivity contribution < 1.29 is 4.79 Å². The number of amides is 1. The first kappa shape index (κ1) is 23.3. The highest BCUT2D eigenvalue weighted by molar-refractivity contribution is 9.10. The summed E-state index contributed by atoms with van der Waals surface area (Å²) in [7, 11) is 0. The van der Waals surface area contributed by atoms with Crippen molar-refractivity contribution in [2.45, 2.75) is 24.8 Å². The smallest absolute Gasteiger partial charge is 0.255 e. The van der Waals surface area contributed by atoms with Gasteiger partial charge in [-0.2, -0.15) is 0 Å². The fraction of sp³-hybridized carbons (Fsp3) is 0.276. The van der Waals surface area contributed by atoms with E-state index in [1.165, 1.54) is 5.56 Å². The van der Waals surface area contributed by atoms with Crippen LogP contribution < -0.4 is 0 Å². The summed E-state index contributed by atoms with van der Waals surface area (Å²) in [6.45, 7) is 3.53. The molecule has 3 aromatic carbocycles. The molecule has 3 aromatic rings. The van der Waals surface area contributed by atoms with Crippen LogP contribution in [-0.4, -0.2) is 47.9 Å². The van der Waals surface area contributed by atoms with Crippen LogP contribution in [0.3, 0.4) is 0 Å². The normalized spacial score (nSPS) is 20.9. The first-order valence-electron chi connectivity index (χ1n) is 11.9. The Hall–Kier alpha value is -2.40. The maximum atomic E-state index is 13.5. The summed E-state index contributed by atoms with van der Waals surface area (Å²) in [6, 6.07) is 24.9. The van der Waals surface area contributed by atoms with E-state index in [-0.39, 0.29) is 5.91 Å². The Morgan fingerprint density at radius 2 is 1.68 bits per heavy atom. The fourth-order valence-electron chi connectivity index (χ4n) is 5.13. The number of piperidine rings is 1. The molecule has 0 saturated carbocycles. The van der Waals surface area contributed by atoms with Gasteiger partial charge in [0.25, 0.3) is 5.91 Å². The van der Waals surface area contributed by atoms with Crippen molar-refractivity contribution in [3.63, 3.8) is 0 Å². The van der Waals surface area contributed by atoms with Gasteiger partial charge in [-0.1, -0.05) is 78.4 Å². The zero-order valence-corrected chi connectivity index (χ0v) is 21.4. The molecule has 2 aliphatic rings. The lowest BCUT2D eigenvalue weighted by Gasteiger charge is -2.46. The number of fused-ring (bicyclic) bond motifs is 1. The van der Waals surface area contributed by atoms with Gasteiger partial charge in [0.1, 0.15) is 0 Å². The van der Waals surface area contributed by atoms with Crippen LogP contribution in [0.4, 0.5) is 0 Å². The first-order chi connectivity index (χ1) is 16.6. The maximum absolute atomic E-state index is 13.5. The number of rotatable bonds is 4. The first-order valence-corrected chi connectivity index (χ1v) is 13.1. The predicted molar refractivity (Wildman–Crippen MR) is 144 cm³/mol. The molecule has 0 spiro atoms. The number of carbonyl (C=O) groups excluding carboxylic acids is 1. The number of benzene rings is 3.